The van der Waals surface area contributed by atoms with Gasteiger partial charge in [0.05, 0.1) is 21.8 Å². The van der Waals surface area contributed by atoms with Gasteiger partial charge in [0.25, 0.3) is 0 Å². The van der Waals surface area contributed by atoms with Crippen LogP contribution in [-0.4, -0.2) is 22.0 Å². The van der Waals surface area contributed by atoms with Crippen molar-refractivity contribution in [2.45, 2.75) is 0 Å². The third-order valence-electron chi connectivity index (χ3n) is 2.54. The monoisotopic (exact) mass is 276 g/mol. The maximum atomic E-state index is 11.5. The fourth-order valence-corrected chi connectivity index (χ4v) is 1.86. The van der Waals surface area contributed by atoms with Crippen LogP contribution in [0.25, 0.3) is 11.3 Å². The maximum Gasteiger partial charge on any atom is 0.336 e. The predicted molar refractivity (Wildman–Crippen MR) is 70.2 cm³/mol. The molecule has 0 aliphatic heterocycles. The molecule has 19 heavy (non-hydrogen) atoms. The molecule has 0 radical (unpaired) electrons. The van der Waals surface area contributed by atoms with E-state index >= 15 is 0 Å². The number of benzene rings is 1. The summed E-state index contributed by atoms with van der Waals surface area (Å²) in [5.74, 6) is -2.03. The fraction of sp³-hybridized carbons (Fsp3) is 0. The zero-order chi connectivity index (χ0) is 14.0. The second-order valence-corrected chi connectivity index (χ2v) is 4.20. The largest absolute Gasteiger partial charge is 0.478 e. The van der Waals surface area contributed by atoms with Gasteiger partial charge in [0.15, 0.2) is 0 Å². The quantitative estimate of drug-likeness (QED) is 0.898. The molecule has 1 heterocycles. The van der Waals surface area contributed by atoms with Crippen molar-refractivity contribution in [3.63, 3.8) is 0 Å². The van der Waals surface area contributed by atoms with E-state index in [0.29, 0.717) is 16.3 Å². The molecule has 96 valence electrons. The van der Waals surface area contributed by atoms with Crippen LogP contribution in [0.15, 0.2) is 36.5 Å². The smallest absolute Gasteiger partial charge is 0.336 e. The van der Waals surface area contributed by atoms with Crippen LogP contribution in [0.3, 0.4) is 0 Å². The highest BCUT2D eigenvalue weighted by Crippen LogP contribution is 2.25. The number of primary amides is 1. The first-order valence-electron chi connectivity index (χ1n) is 5.28. The lowest BCUT2D eigenvalue weighted by Crippen LogP contribution is -2.17. The summed E-state index contributed by atoms with van der Waals surface area (Å²) >= 11 is 5.73. The van der Waals surface area contributed by atoms with Crippen LogP contribution in [0, 0.1) is 0 Å². The molecule has 6 heteroatoms. The number of carbonyl (C=O) groups excluding carboxylic acids is 1. The van der Waals surface area contributed by atoms with Gasteiger partial charge < -0.3 is 10.8 Å². The van der Waals surface area contributed by atoms with Crippen LogP contribution in [-0.2, 0) is 0 Å². The van der Waals surface area contributed by atoms with Gasteiger partial charge in [-0.3, -0.25) is 9.78 Å². The summed E-state index contributed by atoms with van der Waals surface area (Å²) in [5, 5.41) is 9.52. The molecule has 3 N–H and O–H groups in total. The standard InChI is InChI=1S/C13H9ClN2O3/c14-7-4-5-10(16-6-7)8-2-1-3-9(13(18)19)11(8)12(15)17/h1-6H,(H2,15,17)(H,18,19). The second kappa shape index (κ2) is 5.07. The summed E-state index contributed by atoms with van der Waals surface area (Å²) in [6, 6.07) is 7.63. The van der Waals surface area contributed by atoms with Crippen LogP contribution in [0.5, 0.6) is 0 Å². The number of hydrogen-bond acceptors (Lipinski definition) is 3. The zero-order valence-corrected chi connectivity index (χ0v) is 10.4. The molecule has 0 saturated heterocycles. The minimum atomic E-state index is -1.22. The number of aromatic carboxylic acids is 1. The van der Waals surface area contributed by atoms with Gasteiger partial charge in [-0.05, 0) is 18.2 Å². The molecule has 2 rings (SSSR count). The number of nitrogens with two attached hydrogens (primary N) is 1. The molecule has 2 aromatic rings. The average molecular weight is 277 g/mol. The molecule has 0 unspecified atom stereocenters. The Balaban J connectivity index is 2.69. The molecule has 5 nitrogen and oxygen atoms in total. The Hall–Kier alpha value is -2.40. The zero-order valence-electron chi connectivity index (χ0n) is 9.63. The molecule has 0 saturated carbocycles. The van der Waals surface area contributed by atoms with E-state index in [1.165, 1.54) is 18.3 Å². The molecule has 0 bridgehead atoms. The van der Waals surface area contributed by atoms with Crippen molar-refractivity contribution in [1.29, 1.82) is 0 Å². The van der Waals surface area contributed by atoms with Gasteiger partial charge in [0, 0.05) is 11.8 Å². The van der Waals surface area contributed by atoms with E-state index in [1.807, 2.05) is 0 Å². The number of halogens is 1. The lowest BCUT2D eigenvalue weighted by Gasteiger charge is -2.09. The van der Waals surface area contributed by atoms with E-state index in [-0.39, 0.29) is 11.1 Å². The summed E-state index contributed by atoms with van der Waals surface area (Å²) in [4.78, 5) is 26.7. The summed E-state index contributed by atoms with van der Waals surface area (Å²) in [6.45, 7) is 0. The van der Waals surface area contributed by atoms with Crippen molar-refractivity contribution in [2.75, 3.05) is 0 Å². The van der Waals surface area contributed by atoms with Gasteiger partial charge >= 0.3 is 5.97 Å². The minimum Gasteiger partial charge on any atom is -0.478 e. The summed E-state index contributed by atoms with van der Waals surface area (Å²) in [5.41, 5.74) is 5.84. The van der Waals surface area contributed by atoms with Gasteiger partial charge in [-0.15, -0.1) is 0 Å². The third kappa shape index (κ3) is 2.56. The molecule has 1 amide bonds. The molecule has 1 aromatic carbocycles. The maximum absolute atomic E-state index is 11.5. The summed E-state index contributed by atoms with van der Waals surface area (Å²) in [7, 11) is 0. The van der Waals surface area contributed by atoms with Crippen LogP contribution < -0.4 is 5.73 Å². The molecule has 1 aromatic heterocycles. The van der Waals surface area contributed by atoms with Crippen molar-refractivity contribution in [2.24, 2.45) is 5.73 Å². The number of amides is 1. The van der Waals surface area contributed by atoms with Gasteiger partial charge in [-0.1, -0.05) is 23.7 Å². The lowest BCUT2D eigenvalue weighted by molar-refractivity contribution is 0.0692. The SMILES string of the molecule is NC(=O)c1c(C(=O)O)cccc1-c1ccc(Cl)cn1. The number of carboxylic acids is 1. The molecule has 0 atom stereocenters. The Morgan fingerprint density at radius 3 is 2.47 bits per heavy atom. The molecule has 0 aliphatic carbocycles. The second-order valence-electron chi connectivity index (χ2n) is 3.76. The highest BCUT2D eigenvalue weighted by molar-refractivity contribution is 6.30. The summed E-state index contributed by atoms with van der Waals surface area (Å²) in [6.07, 6.45) is 1.41. The number of aromatic nitrogens is 1. The normalized spacial score (nSPS) is 10.2. The fourth-order valence-electron chi connectivity index (χ4n) is 1.74. The van der Waals surface area contributed by atoms with Gasteiger partial charge in [0.1, 0.15) is 0 Å². The van der Waals surface area contributed by atoms with Gasteiger partial charge in [0.2, 0.25) is 5.91 Å². The molecular formula is C13H9ClN2O3. The Bertz CT molecular complexity index is 653. The molecule has 0 aliphatic rings. The van der Waals surface area contributed by atoms with E-state index in [2.05, 4.69) is 4.98 Å². The Morgan fingerprint density at radius 1 is 1.21 bits per heavy atom. The van der Waals surface area contributed by atoms with E-state index in [1.54, 1.807) is 18.2 Å². The number of hydrogen-bond donors (Lipinski definition) is 2. The topological polar surface area (TPSA) is 93.3 Å². The van der Waals surface area contributed by atoms with Crippen molar-refractivity contribution < 1.29 is 14.7 Å². The Morgan fingerprint density at radius 2 is 1.95 bits per heavy atom. The number of carboxylic acid groups (broad SMARTS) is 1. The van der Waals surface area contributed by atoms with Crippen molar-refractivity contribution in [3.05, 3.63) is 52.7 Å². The first kappa shape index (κ1) is 13.0. The van der Waals surface area contributed by atoms with E-state index in [4.69, 9.17) is 22.4 Å². The Kier molecular flexibility index (Phi) is 3.48. The highest BCUT2D eigenvalue weighted by Gasteiger charge is 2.19. The van der Waals surface area contributed by atoms with Gasteiger partial charge in [-0.25, -0.2) is 4.79 Å². The van der Waals surface area contributed by atoms with E-state index in [9.17, 15) is 9.59 Å². The number of carbonyl (C=O) groups is 2. The number of rotatable bonds is 3. The molecule has 0 spiro atoms. The van der Waals surface area contributed by atoms with Crippen LogP contribution >= 0.6 is 11.6 Å². The van der Waals surface area contributed by atoms with E-state index in [0.717, 1.165) is 0 Å². The van der Waals surface area contributed by atoms with Crippen LogP contribution in [0.1, 0.15) is 20.7 Å². The first-order valence-corrected chi connectivity index (χ1v) is 5.66. The minimum absolute atomic E-state index is 0.0650. The average Bonchev–Trinajstić information content (AvgIpc) is 2.38. The van der Waals surface area contributed by atoms with Crippen molar-refractivity contribution in [1.82, 2.24) is 4.98 Å². The number of nitrogens with zero attached hydrogens (tertiary/aromatic N) is 1. The van der Waals surface area contributed by atoms with Crippen LogP contribution in [0.4, 0.5) is 0 Å². The van der Waals surface area contributed by atoms with E-state index < -0.39 is 11.9 Å². The third-order valence-corrected chi connectivity index (χ3v) is 2.77. The molecule has 0 fully saturated rings. The Labute approximate surface area is 113 Å². The van der Waals surface area contributed by atoms with Gasteiger partial charge in [-0.2, -0.15) is 0 Å². The number of pyridine rings is 1. The predicted octanol–water partition coefficient (Wildman–Crippen LogP) is 2.20. The first-order chi connectivity index (χ1) is 9.00. The molecular weight excluding hydrogens is 268 g/mol. The van der Waals surface area contributed by atoms with Crippen LogP contribution in [0.2, 0.25) is 5.02 Å². The summed E-state index contributed by atoms with van der Waals surface area (Å²) < 4.78 is 0. The van der Waals surface area contributed by atoms with Crippen molar-refractivity contribution in [3.8, 4) is 11.3 Å². The lowest BCUT2D eigenvalue weighted by atomic mass is 9.98. The van der Waals surface area contributed by atoms with Crippen molar-refractivity contribution >= 4 is 23.5 Å². The highest BCUT2D eigenvalue weighted by atomic mass is 35.5.